The molecule has 3 nitrogen and oxygen atoms in total. The zero-order chi connectivity index (χ0) is 15.3. The van der Waals surface area contributed by atoms with Crippen LogP contribution in [0.3, 0.4) is 0 Å². The van der Waals surface area contributed by atoms with E-state index in [1.54, 1.807) is 0 Å². The van der Waals surface area contributed by atoms with Crippen LogP contribution in [0.2, 0.25) is 0 Å². The van der Waals surface area contributed by atoms with Gasteiger partial charge in [-0.15, -0.1) is 0 Å². The second-order valence-corrected chi connectivity index (χ2v) is 6.87. The molecule has 0 aliphatic heterocycles. The van der Waals surface area contributed by atoms with E-state index >= 15 is 0 Å². The Kier molecular flexibility index (Phi) is 11.2. The second-order valence-electron chi connectivity index (χ2n) is 6.87. The Balaban J connectivity index is 1.88. The molecule has 126 valence electrons. The molecule has 0 saturated heterocycles. The smallest absolute Gasteiger partial charge is 0.0897 e. The summed E-state index contributed by atoms with van der Waals surface area (Å²) in [7, 11) is 0. The van der Waals surface area contributed by atoms with Crippen LogP contribution in [0.25, 0.3) is 0 Å². The number of aliphatic hydroxyl groups excluding tert-OH is 1. The maximum absolute atomic E-state index is 9.93. The fourth-order valence-electron chi connectivity index (χ4n) is 3.18. The average Bonchev–Trinajstić information content (AvgIpc) is 2.48. The Morgan fingerprint density at radius 1 is 1.14 bits per heavy atom. The van der Waals surface area contributed by atoms with E-state index in [1.165, 1.54) is 57.8 Å². The van der Waals surface area contributed by atoms with E-state index in [2.05, 4.69) is 19.2 Å². The maximum atomic E-state index is 9.93. The van der Waals surface area contributed by atoms with Gasteiger partial charge in [0.25, 0.3) is 0 Å². The van der Waals surface area contributed by atoms with Gasteiger partial charge in [-0.1, -0.05) is 58.8 Å². The van der Waals surface area contributed by atoms with Crippen molar-refractivity contribution in [3.8, 4) is 0 Å². The molecule has 3 unspecified atom stereocenters. The molecule has 1 fully saturated rings. The molecule has 0 heterocycles. The molecule has 0 spiro atoms. The highest BCUT2D eigenvalue weighted by Crippen LogP contribution is 2.23. The average molecular weight is 299 g/mol. The molecule has 2 N–H and O–H groups in total. The van der Waals surface area contributed by atoms with Crippen molar-refractivity contribution in [1.29, 1.82) is 0 Å². The van der Waals surface area contributed by atoms with Gasteiger partial charge in [-0.05, 0) is 25.2 Å². The van der Waals surface area contributed by atoms with Crippen molar-refractivity contribution >= 4 is 0 Å². The second kappa shape index (κ2) is 12.4. The van der Waals surface area contributed by atoms with Gasteiger partial charge in [-0.2, -0.15) is 0 Å². The Labute approximate surface area is 131 Å². The molecule has 0 radical (unpaired) electrons. The number of unbranched alkanes of at least 4 members (excludes halogenated alkanes) is 5. The highest BCUT2D eigenvalue weighted by atomic mass is 16.5. The number of hydrogen-bond donors (Lipinski definition) is 2. The summed E-state index contributed by atoms with van der Waals surface area (Å²) in [4.78, 5) is 0. The molecule has 0 aromatic carbocycles. The molecule has 0 aromatic heterocycles. The van der Waals surface area contributed by atoms with Crippen LogP contribution in [0.5, 0.6) is 0 Å². The SMILES string of the molecule is CCCCCCCCOCC(O)CNC1CCCC(C)C1. The Bertz CT molecular complexity index is 235. The van der Waals surface area contributed by atoms with Crippen LogP contribution in [0.4, 0.5) is 0 Å². The quantitative estimate of drug-likeness (QED) is 0.537. The summed E-state index contributed by atoms with van der Waals surface area (Å²) in [6.07, 6.45) is 12.6. The van der Waals surface area contributed by atoms with Gasteiger partial charge >= 0.3 is 0 Å². The molecule has 1 saturated carbocycles. The van der Waals surface area contributed by atoms with Crippen LogP contribution in [-0.2, 0) is 4.74 Å². The Hall–Kier alpha value is -0.120. The van der Waals surface area contributed by atoms with E-state index in [0.717, 1.165) is 18.9 Å². The zero-order valence-electron chi connectivity index (χ0n) is 14.3. The lowest BCUT2D eigenvalue weighted by atomic mass is 9.87. The van der Waals surface area contributed by atoms with Crippen LogP contribution >= 0.6 is 0 Å². The first kappa shape index (κ1) is 18.9. The van der Waals surface area contributed by atoms with Crippen molar-refractivity contribution in [2.75, 3.05) is 19.8 Å². The number of nitrogens with one attached hydrogen (secondary N) is 1. The van der Waals surface area contributed by atoms with E-state index in [4.69, 9.17) is 4.74 Å². The van der Waals surface area contributed by atoms with Gasteiger partial charge < -0.3 is 15.2 Å². The minimum atomic E-state index is -0.359. The highest BCUT2D eigenvalue weighted by Gasteiger charge is 2.18. The first-order valence-corrected chi connectivity index (χ1v) is 9.21. The normalized spacial score (nSPS) is 24.1. The van der Waals surface area contributed by atoms with E-state index in [9.17, 15) is 5.11 Å². The Morgan fingerprint density at radius 3 is 2.67 bits per heavy atom. The Morgan fingerprint density at radius 2 is 1.90 bits per heavy atom. The van der Waals surface area contributed by atoms with Gasteiger partial charge in [0.15, 0.2) is 0 Å². The molecule has 1 aliphatic carbocycles. The van der Waals surface area contributed by atoms with Crippen LogP contribution in [-0.4, -0.2) is 37.0 Å². The molecule has 1 rings (SSSR count). The van der Waals surface area contributed by atoms with Crippen LogP contribution < -0.4 is 5.32 Å². The third-order valence-electron chi connectivity index (χ3n) is 4.53. The lowest BCUT2D eigenvalue weighted by molar-refractivity contribution is 0.0331. The molecular formula is C18H37NO2. The molecule has 0 bridgehead atoms. The van der Waals surface area contributed by atoms with E-state index in [0.29, 0.717) is 19.2 Å². The summed E-state index contributed by atoms with van der Waals surface area (Å²) >= 11 is 0. The monoisotopic (exact) mass is 299 g/mol. The molecule has 0 aromatic rings. The number of hydrogen-bond acceptors (Lipinski definition) is 3. The fraction of sp³-hybridized carbons (Fsp3) is 1.00. The summed E-state index contributed by atoms with van der Waals surface area (Å²) < 4.78 is 5.57. The van der Waals surface area contributed by atoms with Crippen LogP contribution in [0.15, 0.2) is 0 Å². The van der Waals surface area contributed by atoms with Crippen LogP contribution in [0.1, 0.15) is 78.1 Å². The third kappa shape index (κ3) is 10.3. The van der Waals surface area contributed by atoms with Crippen molar-refractivity contribution in [2.24, 2.45) is 5.92 Å². The van der Waals surface area contributed by atoms with Crippen molar-refractivity contribution in [3.05, 3.63) is 0 Å². The van der Waals surface area contributed by atoms with Gasteiger partial charge in [0.1, 0.15) is 0 Å². The minimum absolute atomic E-state index is 0.359. The van der Waals surface area contributed by atoms with Crippen molar-refractivity contribution in [1.82, 2.24) is 5.32 Å². The van der Waals surface area contributed by atoms with Gasteiger partial charge in [-0.25, -0.2) is 0 Å². The van der Waals surface area contributed by atoms with Crippen molar-refractivity contribution < 1.29 is 9.84 Å². The third-order valence-corrected chi connectivity index (χ3v) is 4.53. The molecule has 1 aliphatic rings. The van der Waals surface area contributed by atoms with E-state index < -0.39 is 0 Å². The zero-order valence-corrected chi connectivity index (χ0v) is 14.3. The number of ether oxygens (including phenoxy) is 1. The molecule has 3 heteroatoms. The molecule has 0 amide bonds. The van der Waals surface area contributed by atoms with E-state index in [-0.39, 0.29) is 6.10 Å². The summed E-state index contributed by atoms with van der Waals surface area (Å²) in [5.74, 6) is 0.831. The standard InChI is InChI=1S/C18H37NO2/c1-3-4-5-6-7-8-12-21-15-18(20)14-19-17-11-9-10-16(2)13-17/h16-20H,3-15H2,1-2H3. The maximum Gasteiger partial charge on any atom is 0.0897 e. The number of rotatable bonds is 12. The topological polar surface area (TPSA) is 41.5 Å². The molecule has 3 atom stereocenters. The molecule has 21 heavy (non-hydrogen) atoms. The predicted octanol–water partition coefficient (Wildman–Crippen LogP) is 3.89. The lowest BCUT2D eigenvalue weighted by Crippen LogP contribution is -2.39. The fourth-order valence-corrected chi connectivity index (χ4v) is 3.18. The van der Waals surface area contributed by atoms with Crippen molar-refractivity contribution in [2.45, 2.75) is 90.2 Å². The summed E-state index contributed by atoms with van der Waals surface area (Å²) in [5.41, 5.74) is 0. The summed E-state index contributed by atoms with van der Waals surface area (Å²) in [6, 6.07) is 0.599. The highest BCUT2D eigenvalue weighted by molar-refractivity contribution is 4.76. The molecular weight excluding hydrogens is 262 g/mol. The van der Waals surface area contributed by atoms with Crippen molar-refractivity contribution in [3.63, 3.8) is 0 Å². The number of aliphatic hydroxyl groups is 1. The first-order chi connectivity index (χ1) is 10.2. The van der Waals surface area contributed by atoms with Gasteiger partial charge in [0, 0.05) is 19.2 Å². The lowest BCUT2D eigenvalue weighted by Gasteiger charge is -2.28. The van der Waals surface area contributed by atoms with Gasteiger partial charge in [0.05, 0.1) is 12.7 Å². The minimum Gasteiger partial charge on any atom is -0.389 e. The van der Waals surface area contributed by atoms with E-state index in [1.807, 2.05) is 0 Å². The predicted molar refractivity (Wildman–Crippen MR) is 89.6 cm³/mol. The van der Waals surface area contributed by atoms with Crippen LogP contribution in [0, 0.1) is 5.92 Å². The largest absolute Gasteiger partial charge is 0.389 e. The summed E-state index contributed by atoms with van der Waals surface area (Å²) in [5, 5.41) is 13.4. The first-order valence-electron chi connectivity index (χ1n) is 9.21. The van der Waals surface area contributed by atoms with Gasteiger partial charge in [-0.3, -0.25) is 0 Å². The summed E-state index contributed by atoms with van der Waals surface area (Å²) in [6.45, 7) is 6.52. The van der Waals surface area contributed by atoms with Gasteiger partial charge in [0.2, 0.25) is 0 Å².